The Balaban J connectivity index is 1.86. The Labute approximate surface area is 168 Å². The van der Waals surface area contributed by atoms with Gasteiger partial charge in [0, 0.05) is 46.1 Å². The molecule has 29 heavy (non-hydrogen) atoms. The molecule has 0 aliphatic carbocycles. The van der Waals surface area contributed by atoms with E-state index in [0.717, 1.165) is 12.1 Å². The minimum absolute atomic E-state index is 0.0236. The van der Waals surface area contributed by atoms with Gasteiger partial charge in [-0.2, -0.15) is 13.2 Å². The van der Waals surface area contributed by atoms with Crippen LogP contribution >= 0.6 is 0 Å². The summed E-state index contributed by atoms with van der Waals surface area (Å²) in [5, 5.41) is 2.66. The second-order valence-electron chi connectivity index (χ2n) is 7.01. The number of hydrogen-bond acceptors (Lipinski definition) is 3. The van der Waals surface area contributed by atoms with E-state index in [0.29, 0.717) is 38.2 Å². The minimum Gasteiger partial charge on any atom is -0.355 e. The van der Waals surface area contributed by atoms with Crippen LogP contribution in [0.5, 0.6) is 0 Å². The Kier molecular flexibility index (Phi) is 7.64. The molecule has 6 nitrogen and oxygen atoms in total. The molecule has 1 fully saturated rings. The Morgan fingerprint density at radius 3 is 2.28 bits per heavy atom. The number of carbonyl (C=O) groups is 3. The van der Waals surface area contributed by atoms with Crippen LogP contribution in [0.25, 0.3) is 0 Å². The van der Waals surface area contributed by atoms with E-state index in [-0.39, 0.29) is 24.8 Å². The lowest BCUT2D eigenvalue weighted by Crippen LogP contribution is -2.50. The number of alkyl halides is 3. The summed E-state index contributed by atoms with van der Waals surface area (Å²) in [6.07, 6.45) is -4.03. The number of piperazine rings is 1. The quantitative estimate of drug-likeness (QED) is 0.779. The molecule has 0 bridgehead atoms. The van der Waals surface area contributed by atoms with Gasteiger partial charge in [-0.25, -0.2) is 0 Å². The highest BCUT2D eigenvalue weighted by atomic mass is 19.4. The van der Waals surface area contributed by atoms with Crippen molar-refractivity contribution in [3.63, 3.8) is 0 Å². The zero-order chi connectivity index (χ0) is 21.6. The average molecular weight is 413 g/mol. The summed E-state index contributed by atoms with van der Waals surface area (Å²) in [7, 11) is 0. The molecule has 1 aromatic rings. The standard InChI is InChI=1S/C20H26F3N3O3/c1-3-17(15-5-4-6-16(13-15)20(21,22)23)19(29)24-8-7-18(28)26-11-9-25(10-12-26)14(2)27/h4-6,13,17H,3,7-12H2,1-2H3,(H,24,29). The van der Waals surface area contributed by atoms with Crippen LogP contribution in [0.15, 0.2) is 24.3 Å². The fourth-order valence-corrected chi connectivity index (χ4v) is 3.35. The molecule has 9 heteroatoms. The van der Waals surface area contributed by atoms with Gasteiger partial charge in [0.05, 0.1) is 11.5 Å². The average Bonchev–Trinajstić information content (AvgIpc) is 2.68. The van der Waals surface area contributed by atoms with Gasteiger partial charge < -0.3 is 15.1 Å². The first kappa shape index (κ1) is 22.7. The maximum atomic E-state index is 12.9. The highest BCUT2D eigenvalue weighted by Gasteiger charge is 2.31. The first-order valence-corrected chi connectivity index (χ1v) is 9.61. The zero-order valence-electron chi connectivity index (χ0n) is 16.6. The largest absolute Gasteiger partial charge is 0.416 e. The predicted molar refractivity (Wildman–Crippen MR) is 101 cm³/mol. The van der Waals surface area contributed by atoms with Crippen molar-refractivity contribution >= 4 is 17.7 Å². The maximum absolute atomic E-state index is 12.9. The van der Waals surface area contributed by atoms with Gasteiger partial charge in [0.2, 0.25) is 17.7 Å². The van der Waals surface area contributed by atoms with Crippen LogP contribution in [-0.2, 0) is 20.6 Å². The van der Waals surface area contributed by atoms with Crippen molar-refractivity contribution in [3.05, 3.63) is 35.4 Å². The van der Waals surface area contributed by atoms with E-state index < -0.39 is 23.6 Å². The van der Waals surface area contributed by atoms with E-state index in [9.17, 15) is 27.6 Å². The molecular formula is C20H26F3N3O3. The van der Waals surface area contributed by atoms with Crippen LogP contribution in [0.3, 0.4) is 0 Å². The molecule has 2 rings (SSSR count). The molecule has 1 heterocycles. The van der Waals surface area contributed by atoms with Crippen LogP contribution in [0, 0.1) is 0 Å². The van der Waals surface area contributed by atoms with E-state index in [1.54, 1.807) is 16.7 Å². The van der Waals surface area contributed by atoms with Crippen LogP contribution in [-0.4, -0.2) is 60.2 Å². The summed E-state index contributed by atoms with van der Waals surface area (Å²) in [6, 6.07) is 4.76. The molecule has 0 radical (unpaired) electrons. The SMILES string of the molecule is CCC(C(=O)NCCC(=O)N1CCN(C(C)=O)CC1)c1cccc(C(F)(F)F)c1. The third-order valence-electron chi connectivity index (χ3n) is 5.06. The number of carbonyl (C=O) groups excluding carboxylic acids is 3. The Morgan fingerprint density at radius 2 is 1.72 bits per heavy atom. The number of halogens is 3. The molecule has 1 unspecified atom stereocenters. The van der Waals surface area contributed by atoms with Crippen molar-refractivity contribution < 1.29 is 27.6 Å². The van der Waals surface area contributed by atoms with E-state index >= 15 is 0 Å². The van der Waals surface area contributed by atoms with Gasteiger partial charge in [0.25, 0.3) is 0 Å². The van der Waals surface area contributed by atoms with Crippen molar-refractivity contribution in [2.45, 2.75) is 38.8 Å². The van der Waals surface area contributed by atoms with Crippen molar-refractivity contribution in [2.75, 3.05) is 32.7 Å². The minimum atomic E-state index is -4.47. The van der Waals surface area contributed by atoms with Crippen molar-refractivity contribution in [1.82, 2.24) is 15.1 Å². The number of hydrogen-bond donors (Lipinski definition) is 1. The Hall–Kier alpha value is -2.58. The molecule has 0 spiro atoms. The van der Waals surface area contributed by atoms with Crippen LogP contribution in [0.1, 0.15) is 43.7 Å². The van der Waals surface area contributed by atoms with E-state index in [2.05, 4.69) is 5.32 Å². The summed E-state index contributed by atoms with van der Waals surface area (Å²) in [5.74, 6) is -1.27. The van der Waals surface area contributed by atoms with E-state index in [4.69, 9.17) is 0 Å². The third kappa shape index (κ3) is 6.20. The first-order valence-electron chi connectivity index (χ1n) is 9.61. The smallest absolute Gasteiger partial charge is 0.355 e. The van der Waals surface area contributed by atoms with Crippen molar-refractivity contribution in [2.24, 2.45) is 0 Å². The number of nitrogens with zero attached hydrogens (tertiary/aromatic N) is 2. The van der Waals surface area contributed by atoms with Gasteiger partial charge in [-0.3, -0.25) is 14.4 Å². The molecule has 1 aliphatic heterocycles. The van der Waals surface area contributed by atoms with Gasteiger partial charge in [0.15, 0.2) is 0 Å². The van der Waals surface area contributed by atoms with Gasteiger partial charge in [-0.15, -0.1) is 0 Å². The molecule has 1 aliphatic rings. The van der Waals surface area contributed by atoms with Gasteiger partial charge in [-0.1, -0.05) is 25.1 Å². The predicted octanol–water partition coefficient (Wildman–Crippen LogP) is 2.40. The van der Waals surface area contributed by atoms with Crippen LogP contribution < -0.4 is 5.32 Å². The van der Waals surface area contributed by atoms with Gasteiger partial charge in [0.1, 0.15) is 0 Å². The molecular weight excluding hydrogens is 387 g/mol. The van der Waals surface area contributed by atoms with Crippen molar-refractivity contribution in [3.8, 4) is 0 Å². The van der Waals surface area contributed by atoms with Crippen LogP contribution in [0.2, 0.25) is 0 Å². The summed E-state index contributed by atoms with van der Waals surface area (Å²) in [5.41, 5.74) is -0.493. The Bertz CT molecular complexity index is 744. The second kappa shape index (κ2) is 9.76. The molecule has 1 saturated heterocycles. The zero-order valence-corrected chi connectivity index (χ0v) is 16.6. The molecule has 0 aromatic heterocycles. The third-order valence-corrected chi connectivity index (χ3v) is 5.06. The normalized spacial score (nSPS) is 15.8. The lowest BCUT2D eigenvalue weighted by molar-refractivity contribution is -0.138. The lowest BCUT2D eigenvalue weighted by atomic mass is 9.94. The van der Waals surface area contributed by atoms with Crippen molar-refractivity contribution in [1.29, 1.82) is 0 Å². The number of nitrogens with one attached hydrogen (secondary N) is 1. The van der Waals surface area contributed by atoms with Gasteiger partial charge >= 0.3 is 6.18 Å². The highest BCUT2D eigenvalue weighted by Crippen LogP contribution is 2.31. The number of benzene rings is 1. The van der Waals surface area contributed by atoms with Crippen LogP contribution in [0.4, 0.5) is 13.2 Å². The molecule has 1 aromatic carbocycles. The summed E-state index contributed by atoms with van der Waals surface area (Å²) in [6.45, 7) is 5.20. The summed E-state index contributed by atoms with van der Waals surface area (Å²) in [4.78, 5) is 39.4. The van der Waals surface area contributed by atoms with E-state index in [1.165, 1.54) is 19.1 Å². The Morgan fingerprint density at radius 1 is 1.10 bits per heavy atom. The number of rotatable bonds is 6. The molecule has 160 valence electrons. The fraction of sp³-hybridized carbons (Fsp3) is 0.550. The molecule has 1 N–H and O–H groups in total. The summed E-state index contributed by atoms with van der Waals surface area (Å²) < 4.78 is 38.7. The van der Waals surface area contributed by atoms with Gasteiger partial charge in [-0.05, 0) is 18.1 Å². The first-order chi connectivity index (χ1) is 13.6. The maximum Gasteiger partial charge on any atom is 0.416 e. The number of amides is 3. The summed E-state index contributed by atoms with van der Waals surface area (Å²) >= 11 is 0. The molecule has 1 atom stereocenters. The topological polar surface area (TPSA) is 69.7 Å². The molecule has 0 saturated carbocycles. The monoisotopic (exact) mass is 413 g/mol. The second-order valence-corrected chi connectivity index (χ2v) is 7.01. The van der Waals surface area contributed by atoms with E-state index in [1.807, 2.05) is 0 Å². The highest BCUT2D eigenvalue weighted by molar-refractivity contribution is 5.84. The molecule has 3 amide bonds. The lowest BCUT2D eigenvalue weighted by Gasteiger charge is -2.34. The fourth-order valence-electron chi connectivity index (χ4n) is 3.35.